The number of carboxylic acid groups (broad SMARTS) is 1. The molecule has 2 nitrogen and oxygen atoms in total. The topological polar surface area (TPSA) is 37.3 Å². The molecule has 0 atom stereocenters. The number of benzene rings is 1. The van der Waals surface area contributed by atoms with Crippen LogP contribution in [0.5, 0.6) is 0 Å². The molecule has 22 heavy (non-hydrogen) atoms. The van der Waals surface area contributed by atoms with Crippen molar-refractivity contribution in [1.82, 2.24) is 0 Å². The highest BCUT2D eigenvalue weighted by molar-refractivity contribution is 6.90. The molecule has 0 heterocycles. The van der Waals surface area contributed by atoms with E-state index >= 15 is 0 Å². The number of aromatic carboxylic acids is 1. The zero-order chi connectivity index (χ0) is 17.1. The Balaban J connectivity index is 3.49. The zero-order valence-corrected chi connectivity index (χ0v) is 16.0. The van der Waals surface area contributed by atoms with Crippen LogP contribution in [0.3, 0.4) is 0 Å². The maximum atomic E-state index is 11.4. The maximum absolute atomic E-state index is 11.4. The van der Waals surface area contributed by atoms with Crippen LogP contribution in [-0.4, -0.2) is 19.1 Å². The second-order valence-electron chi connectivity index (χ2n) is 6.61. The van der Waals surface area contributed by atoms with Crippen molar-refractivity contribution < 1.29 is 9.90 Å². The minimum atomic E-state index is -1.88. The standard InChI is InChI=1S/C18H25ClO2Si/c1-12(2)22(13(3)4,14(5)6)11-10-15-8-7-9-16(19)17(15)18(20)21/h7-9,12-14H,1-6H3,(H,20,21). The van der Waals surface area contributed by atoms with Crippen molar-refractivity contribution in [3.05, 3.63) is 34.3 Å². The molecule has 0 aliphatic heterocycles. The van der Waals surface area contributed by atoms with Crippen molar-refractivity contribution in [1.29, 1.82) is 0 Å². The van der Waals surface area contributed by atoms with Gasteiger partial charge in [0.15, 0.2) is 0 Å². The lowest BCUT2D eigenvalue weighted by Gasteiger charge is -2.38. The fraction of sp³-hybridized carbons (Fsp3) is 0.500. The van der Waals surface area contributed by atoms with E-state index in [0.29, 0.717) is 22.2 Å². The Kier molecular flexibility index (Phi) is 6.28. The molecule has 1 aromatic rings. The molecule has 0 saturated heterocycles. The average Bonchev–Trinajstić information content (AvgIpc) is 2.37. The molecule has 0 saturated carbocycles. The van der Waals surface area contributed by atoms with E-state index in [4.69, 9.17) is 11.6 Å². The summed E-state index contributed by atoms with van der Waals surface area (Å²) in [5.41, 5.74) is 5.68. The Bertz CT molecular complexity index is 587. The smallest absolute Gasteiger partial charge is 0.338 e. The number of carboxylic acids is 1. The summed E-state index contributed by atoms with van der Waals surface area (Å²) in [5, 5.41) is 9.60. The lowest BCUT2D eigenvalue weighted by atomic mass is 10.1. The van der Waals surface area contributed by atoms with E-state index < -0.39 is 14.0 Å². The summed E-state index contributed by atoms with van der Waals surface area (Å²) >= 11 is 6.02. The minimum absolute atomic E-state index is 0.107. The van der Waals surface area contributed by atoms with Gasteiger partial charge in [-0.25, -0.2) is 4.79 Å². The van der Waals surface area contributed by atoms with Crippen molar-refractivity contribution >= 4 is 25.6 Å². The molecule has 0 radical (unpaired) electrons. The first-order valence-corrected chi connectivity index (χ1v) is 10.3. The van der Waals surface area contributed by atoms with Gasteiger partial charge in [0.25, 0.3) is 0 Å². The van der Waals surface area contributed by atoms with Gasteiger partial charge < -0.3 is 5.11 Å². The summed E-state index contributed by atoms with van der Waals surface area (Å²) in [6.07, 6.45) is 0. The molecule has 0 amide bonds. The summed E-state index contributed by atoms with van der Waals surface area (Å²) in [4.78, 5) is 11.4. The van der Waals surface area contributed by atoms with E-state index in [1.807, 2.05) is 0 Å². The average molecular weight is 337 g/mol. The Morgan fingerprint density at radius 3 is 2.00 bits per heavy atom. The van der Waals surface area contributed by atoms with Crippen molar-refractivity contribution in [3.63, 3.8) is 0 Å². The molecule has 4 heteroatoms. The van der Waals surface area contributed by atoms with Crippen molar-refractivity contribution in [2.45, 2.75) is 58.2 Å². The van der Waals surface area contributed by atoms with Crippen molar-refractivity contribution in [3.8, 4) is 11.5 Å². The lowest BCUT2D eigenvalue weighted by Crippen LogP contribution is -2.43. The van der Waals surface area contributed by atoms with Gasteiger partial charge in [0.2, 0.25) is 0 Å². The molecule has 120 valence electrons. The van der Waals surface area contributed by atoms with E-state index in [9.17, 15) is 9.90 Å². The largest absolute Gasteiger partial charge is 0.478 e. The van der Waals surface area contributed by atoms with Gasteiger partial charge in [0.05, 0.1) is 10.6 Å². The molecular formula is C18H25ClO2Si. The van der Waals surface area contributed by atoms with E-state index in [0.717, 1.165) is 0 Å². The van der Waals surface area contributed by atoms with Crippen LogP contribution < -0.4 is 0 Å². The van der Waals surface area contributed by atoms with Gasteiger partial charge in [0, 0.05) is 5.56 Å². The van der Waals surface area contributed by atoms with Crippen LogP contribution >= 0.6 is 11.6 Å². The first-order chi connectivity index (χ1) is 10.1. The SMILES string of the molecule is CC(C)[Si](C#Cc1cccc(Cl)c1C(=O)O)(C(C)C)C(C)C. The maximum Gasteiger partial charge on any atom is 0.338 e. The molecule has 1 rings (SSSR count). The highest BCUT2D eigenvalue weighted by Crippen LogP contribution is 2.40. The number of halogens is 1. The number of rotatable bonds is 4. The molecular weight excluding hydrogens is 312 g/mol. The molecule has 1 N–H and O–H groups in total. The fourth-order valence-corrected chi connectivity index (χ4v) is 8.93. The Morgan fingerprint density at radius 2 is 1.59 bits per heavy atom. The normalized spacial score (nSPS) is 11.7. The first kappa shape index (κ1) is 18.8. The van der Waals surface area contributed by atoms with Crippen LogP contribution in [0.2, 0.25) is 21.6 Å². The second kappa shape index (κ2) is 7.35. The molecule has 0 fully saturated rings. The van der Waals surface area contributed by atoms with Crippen LogP contribution in [0.25, 0.3) is 0 Å². The van der Waals surface area contributed by atoms with E-state index in [-0.39, 0.29) is 10.6 Å². The highest BCUT2D eigenvalue weighted by atomic mass is 35.5. The molecule has 0 bridgehead atoms. The predicted octanol–water partition coefficient (Wildman–Crippen LogP) is 5.61. The van der Waals surface area contributed by atoms with Crippen molar-refractivity contribution in [2.24, 2.45) is 0 Å². The van der Waals surface area contributed by atoms with Crippen LogP contribution in [0, 0.1) is 11.5 Å². The van der Waals surface area contributed by atoms with Crippen LogP contribution in [-0.2, 0) is 0 Å². The minimum Gasteiger partial charge on any atom is -0.478 e. The molecule has 0 spiro atoms. The summed E-state index contributed by atoms with van der Waals surface area (Å²) in [6.45, 7) is 13.4. The third-order valence-corrected chi connectivity index (χ3v) is 11.1. The Morgan fingerprint density at radius 1 is 1.09 bits per heavy atom. The number of carbonyl (C=O) groups is 1. The lowest BCUT2D eigenvalue weighted by molar-refractivity contribution is 0.0697. The summed E-state index contributed by atoms with van der Waals surface area (Å²) in [7, 11) is -1.88. The van der Waals surface area contributed by atoms with Gasteiger partial charge in [-0.15, -0.1) is 5.54 Å². The number of hydrogen-bond donors (Lipinski definition) is 1. The zero-order valence-electron chi connectivity index (χ0n) is 14.2. The van der Waals surface area contributed by atoms with Gasteiger partial charge in [-0.3, -0.25) is 0 Å². The van der Waals surface area contributed by atoms with Crippen LogP contribution in [0.4, 0.5) is 0 Å². The van der Waals surface area contributed by atoms with Gasteiger partial charge in [-0.1, -0.05) is 65.1 Å². The highest BCUT2D eigenvalue weighted by Gasteiger charge is 2.41. The first-order valence-electron chi connectivity index (χ1n) is 7.69. The summed E-state index contributed by atoms with van der Waals surface area (Å²) in [6, 6.07) is 5.08. The Labute approximate surface area is 139 Å². The third-order valence-electron chi connectivity index (χ3n) is 4.51. The molecule has 0 aromatic heterocycles. The molecule has 1 aromatic carbocycles. The van der Waals surface area contributed by atoms with E-state index in [1.165, 1.54) is 0 Å². The molecule has 0 aliphatic carbocycles. The Hall–Kier alpha value is -1.24. The van der Waals surface area contributed by atoms with Crippen LogP contribution in [0.15, 0.2) is 18.2 Å². The summed E-state index contributed by atoms with van der Waals surface area (Å²) in [5.74, 6) is 2.14. The van der Waals surface area contributed by atoms with Gasteiger partial charge in [-0.2, -0.15) is 0 Å². The van der Waals surface area contributed by atoms with Crippen molar-refractivity contribution in [2.75, 3.05) is 0 Å². The number of hydrogen-bond acceptors (Lipinski definition) is 1. The monoisotopic (exact) mass is 336 g/mol. The van der Waals surface area contributed by atoms with Gasteiger partial charge in [0.1, 0.15) is 8.07 Å². The molecule has 0 unspecified atom stereocenters. The molecule has 0 aliphatic rings. The summed E-state index contributed by atoms with van der Waals surface area (Å²) < 4.78 is 0. The third kappa shape index (κ3) is 3.56. The fourth-order valence-electron chi connectivity index (χ4n) is 3.45. The van der Waals surface area contributed by atoms with Crippen LogP contribution in [0.1, 0.15) is 57.5 Å². The van der Waals surface area contributed by atoms with E-state index in [1.54, 1.807) is 18.2 Å². The predicted molar refractivity (Wildman–Crippen MR) is 96.3 cm³/mol. The second-order valence-corrected chi connectivity index (χ2v) is 12.6. The quantitative estimate of drug-likeness (QED) is 0.573. The van der Waals surface area contributed by atoms with Gasteiger partial charge >= 0.3 is 5.97 Å². The van der Waals surface area contributed by atoms with Gasteiger partial charge in [-0.05, 0) is 28.8 Å². The van der Waals surface area contributed by atoms with E-state index in [2.05, 4.69) is 53.0 Å².